The van der Waals surface area contributed by atoms with Gasteiger partial charge in [-0.25, -0.2) is 21.1 Å². The molecule has 0 radical (unpaired) electrons. The van der Waals surface area contributed by atoms with Crippen LogP contribution in [0.1, 0.15) is 37.8 Å². The molecule has 1 atom stereocenters. The number of amides is 1. The third kappa shape index (κ3) is 6.74. The second kappa shape index (κ2) is 11.0. The van der Waals surface area contributed by atoms with Crippen LogP contribution in [0.5, 0.6) is 0 Å². The molecule has 0 saturated carbocycles. The predicted molar refractivity (Wildman–Crippen MR) is 139 cm³/mol. The van der Waals surface area contributed by atoms with Crippen LogP contribution in [0.4, 0.5) is 11.4 Å². The number of nitrogens with one attached hydrogen (secondary N) is 1. The number of anilines is 2. The van der Waals surface area contributed by atoms with Crippen molar-refractivity contribution < 1.29 is 21.6 Å². The van der Waals surface area contributed by atoms with Crippen molar-refractivity contribution in [1.29, 1.82) is 0 Å². The summed E-state index contributed by atoms with van der Waals surface area (Å²) in [4.78, 5) is 15.1. The molecule has 0 aromatic heterocycles. The molecule has 1 fully saturated rings. The predicted octanol–water partition coefficient (Wildman–Crippen LogP) is 2.57. The number of nitrogens with zero attached hydrogens (tertiary/aromatic N) is 3. The summed E-state index contributed by atoms with van der Waals surface area (Å²) in [6.45, 7) is 3.53. The van der Waals surface area contributed by atoms with Gasteiger partial charge in [-0.15, -0.1) is 0 Å². The molecule has 1 amide bonds. The highest BCUT2D eigenvalue weighted by atomic mass is 32.2. The van der Waals surface area contributed by atoms with Crippen molar-refractivity contribution in [2.75, 3.05) is 49.2 Å². The topological polar surface area (TPSA) is 107 Å². The molecule has 9 nitrogen and oxygen atoms in total. The van der Waals surface area contributed by atoms with Gasteiger partial charge in [-0.1, -0.05) is 12.1 Å². The summed E-state index contributed by atoms with van der Waals surface area (Å²) in [6, 6.07) is 13.2. The van der Waals surface area contributed by atoms with E-state index in [1.165, 1.54) is 57.6 Å². The normalized spacial score (nSPS) is 15.6. The smallest absolute Gasteiger partial charge is 0.242 e. The molecule has 1 N–H and O–H groups in total. The second-order valence-electron chi connectivity index (χ2n) is 8.98. The number of sulfonamides is 2. The molecule has 1 aliphatic heterocycles. The van der Waals surface area contributed by atoms with Gasteiger partial charge in [0.2, 0.25) is 26.0 Å². The van der Waals surface area contributed by atoms with Crippen LogP contribution in [0.2, 0.25) is 0 Å². The van der Waals surface area contributed by atoms with E-state index >= 15 is 0 Å². The fraction of sp³-hybridized carbons (Fsp3) is 0.458. The minimum atomic E-state index is -3.79. The minimum absolute atomic E-state index is 0.0331. The second-order valence-corrected chi connectivity index (χ2v) is 13.0. The van der Waals surface area contributed by atoms with Crippen molar-refractivity contribution in [2.24, 2.45) is 0 Å². The van der Waals surface area contributed by atoms with E-state index in [2.05, 4.69) is 22.3 Å². The molecule has 1 heterocycles. The molecule has 192 valence electrons. The molecule has 1 saturated heterocycles. The fourth-order valence-corrected chi connectivity index (χ4v) is 5.78. The van der Waals surface area contributed by atoms with Crippen LogP contribution in [0, 0.1) is 0 Å². The molecule has 2 aromatic carbocycles. The van der Waals surface area contributed by atoms with Gasteiger partial charge in [-0.2, -0.15) is 0 Å². The van der Waals surface area contributed by atoms with Crippen LogP contribution in [-0.2, 0) is 24.8 Å². The van der Waals surface area contributed by atoms with Gasteiger partial charge in [0.05, 0.1) is 22.9 Å². The highest BCUT2D eigenvalue weighted by Gasteiger charge is 2.24. The molecule has 1 aliphatic rings. The van der Waals surface area contributed by atoms with E-state index in [9.17, 15) is 21.6 Å². The number of benzene rings is 2. The van der Waals surface area contributed by atoms with Crippen molar-refractivity contribution >= 4 is 37.3 Å². The zero-order valence-corrected chi connectivity index (χ0v) is 22.3. The first-order valence-corrected chi connectivity index (χ1v) is 14.8. The van der Waals surface area contributed by atoms with Gasteiger partial charge in [0.25, 0.3) is 0 Å². The van der Waals surface area contributed by atoms with Gasteiger partial charge in [0, 0.05) is 32.9 Å². The van der Waals surface area contributed by atoms with Gasteiger partial charge < -0.3 is 10.2 Å². The lowest BCUT2D eigenvalue weighted by molar-refractivity contribution is -0.120. The van der Waals surface area contributed by atoms with Crippen molar-refractivity contribution in [3.8, 4) is 0 Å². The molecule has 11 heteroatoms. The number of piperidine rings is 1. The van der Waals surface area contributed by atoms with Crippen LogP contribution in [-0.4, -0.2) is 67.0 Å². The quantitative estimate of drug-likeness (QED) is 0.543. The molecular formula is C24H34N4O5S2. The van der Waals surface area contributed by atoms with E-state index in [0.29, 0.717) is 0 Å². The Morgan fingerprint density at radius 3 is 2.03 bits per heavy atom. The minimum Gasteiger partial charge on any atom is -0.372 e. The Morgan fingerprint density at radius 2 is 1.51 bits per heavy atom. The molecule has 3 rings (SSSR count). The van der Waals surface area contributed by atoms with E-state index in [4.69, 9.17) is 0 Å². The molecule has 0 aliphatic carbocycles. The Balaban J connectivity index is 1.69. The Morgan fingerprint density at radius 1 is 0.943 bits per heavy atom. The van der Waals surface area contributed by atoms with E-state index in [1.807, 2.05) is 19.1 Å². The number of hydrogen-bond donors (Lipinski definition) is 1. The molecule has 2 aromatic rings. The SMILES string of the molecule is CC(NC(=O)CN(c1ccc(S(=O)(=O)N(C)C)cc1)S(C)(=O)=O)c1ccc(N2CCCCC2)cc1. The van der Waals surface area contributed by atoms with Crippen LogP contribution in [0.15, 0.2) is 53.4 Å². The van der Waals surface area contributed by atoms with E-state index < -0.39 is 32.5 Å². The van der Waals surface area contributed by atoms with Gasteiger partial charge >= 0.3 is 0 Å². The standard InChI is InChI=1S/C24H34N4O5S2/c1-19(20-8-10-21(11-9-20)27-16-6-5-7-17-27)25-24(29)18-28(34(4,30)31)22-12-14-23(15-13-22)35(32,33)26(2)3/h8-15,19H,5-7,16-18H2,1-4H3,(H,25,29). The third-order valence-electron chi connectivity index (χ3n) is 6.08. The molecule has 1 unspecified atom stereocenters. The average molecular weight is 523 g/mol. The maximum absolute atomic E-state index is 12.8. The van der Waals surface area contributed by atoms with Gasteiger partial charge in [0.15, 0.2) is 0 Å². The monoisotopic (exact) mass is 522 g/mol. The lowest BCUT2D eigenvalue weighted by Gasteiger charge is -2.29. The number of carbonyl (C=O) groups is 1. The number of carbonyl (C=O) groups excluding carboxylic acids is 1. The first kappa shape index (κ1) is 27.0. The summed E-state index contributed by atoms with van der Waals surface area (Å²) >= 11 is 0. The lowest BCUT2D eigenvalue weighted by atomic mass is 10.1. The van der Waals surface area contributed by atoms with Crippen molar-refractivity contribution in [2.45, 2.75) is 37.1 Å². The van der Waals surface area contributed by atoms with Gasteiger partial charge in [0.1, 0.15) is 6.54 Å². The molecule has 0 bridgehead atoms. The highest BCUT2D eigenvalue weighted by molar-refractivity contribution is 7.92. The maximum atomic E-state index is 12.8. The number of rotatable bonds is 9. The third-order valence-corrected chi connectivity index (χ3v) is 9.05. The Labute approximate surface area is 208 Å². The summed E-state index contributed by atoms with van der Waals surface area (Å²) in [7, 11) is -4.61. The van der Waals surface area contributed by atoms with E-state index in [-0.39, 0.29) is 16.6 Å². The van der Waals surface area contributed by atoms with Crippen molar-refractivity contribution in [3.63, 3.8) is 0 Å². The molecule has 35 heavy (non-hydrogen) atoms. The highest BCUT2D eigenvalue weighted by Crippen LogP contribution is 2.24. The summed E-state index contributed by atoms with van der Waals surface area (Å²) in [5.74, 6) is -0.465. The maximum Gasteiger partial charge on any atom is 0.242 e. The Kier molecular flexibility index (Phi) is 8.45. The Hall–Kier alpha value is -2.63. The zero-order chi connectivity index (χ0) is 25.8. The van der Waals surface area contributed by atoms with Crippen LogP contribution in [0.25, 0.3) is 0 Å². The largest absolute Gasteiger partial charge is 0.372 e. The fourth-order valence-electron chi connectivity index (χ4n) is 4.02. The van der Waals surface area contributed by atoms with Crippen molar-refractivity contribution in [3.05, 3.63) is 54.1 Å². The lowest BCUT2D eigenvalue weighted by Crippen LogP contribution is -2.41. The van der Waals surface area contributed by atoms with Crippen molar-refractivity contribution in [1.82, 2.24) is 9.62 Å². The first-order chi connectivity index (χ1) is 16.4. The summed E-state index contributed by atoms with van der Waals surface area (Å²) in [5.41, 5.74) is 2.29. The average Bonchev–Trinajstić information content (AvgIpc) is 2.82. The first-order valence-electron chi connectivity index (χ1n) is 11.5. The van der Waals surface area contributed by atoms with Gasteiger partial charge in [-0.05, 0) is 68.1 Å². The zero-order valence-electron chi connectivity index (χ0n) is 20.6. The summed E-state index contributed by atoms with van der Waals surface area (Å²) in [5, 5.41) is 2.86. The van der Waals surface area contributed by atoms with Gasteiger partial charge in [-0.3, -0.25) is 9.10 Å². The van der Waals surface area contributed by atoms with E-state index in [1.54, 1.807) is 0 Å². The Bertz CT molecular complexity index is 1220. The number of hydrogen-bond acceptors (Lipinski definition) is 6. The van der Waals surface area contributed by atoms with Crippen LogP contribution < -0.4 is 14.5 Å². The summed E-state index contributed by atoms with van der Waals surface area (Å²) < 4.78 is 51.4. The molecule has 0 spiro atoms. The van der Waals surface area contributed by atoms with Crippen LogP contribution in [0.3, 0.4) is 0 Å². The summed E-state index contributed by atoms with van der Waals surface area (Å²) in [6.07, 6.45) is 4.66. The molecular weight excluding hydrogens is 488 g/mol. The van der Waals surface area contributed by atoms with E-state index in [0.717, 1.165) is 39.2 Å². The van der Waals surface area contributed by atoms with Crippen LogP contribution >= 0.6 is 0 Å².